The van der Waals surface area contributed by atoms with E-state index in [1.54, 1.807) is 6.20 Å². The van der Waals surface area contributed by atoms with Gasteiger partial charge in [-0.1, -0.05) is 18.2 Å². The molecule has 0 unspecified atom stereocenters. The molecule has 10 heteroatoms. The number of benzene rings is 1. The molecule has 0 radical (unpaired) electrons. The number of hydrogen-bond acceptors (Lipinski definition) is 5. The highest BCUT2D eigenvalue weighted by Gasteiger charge is 2.35. The van der Waals surface area contributed by atoms with E-state index in [-0.39, 0.29) is 5.56 Å². The predicted molar refractivity (Wildman–Crippen MR) is 112 cm³/mol. The maximum absolute atomic E-state index is 13.3. The van der Waals surface area contributed by atoms with Gasteiger partial charge in [0.05, 0.1) is 41.9 Å². The molecule has 164 valence electrons. The Morgan fingerprint density at radius 1 is 1.12 bits per heavy atom. The summed E-state index contributed by atoms with van der Waals surface area (Å²) < 4.78 is 45.2. The van der Waals surface area contributed by atoms with Crippen molar-refractivity contribution in [2.75, 3.05) is 31.2 Å². The number of halogens is 3. The van der Waals surface area contributed by atoms with Crippen molar-refractivity contribution in [2.24, 2.45) is 0 Å². The van der Waals surface area contributed by atoms with Crippen LogP contribution in [0.1, 0.15) is 21.5 Å². The van der Waals surface area contributed by atoms with E-state index < -0.39 is 23.1 Å². The largest absolute Gasteiger partial charge is 0.417 e. The standard InChI is InChI=1S/C22H18F3N5O2/c23-22(24,25)16-4-2-1-3-15(16)19(31)13-9-17(26-11-13)21-28-18-10-14(12-27-20(18)29-21)30-5-7-32-8-6-30/h1-4,9-12,26H,5-8H2,(H,27,28,29). The maximum atomic E-state index is 13.3. The minimum absolute atomic E-state index is 0.110. The van der Waals surface area contributed by atoms with Gasteiger partial charge in [-0.2, -0.15) is 13.2 Å². The van der Waals surface area contributed by atoms with Gasteiger partial charge in [0.1, 0.15) is 0 Å². The summed E-state index contributed by atoms with van der Waals surface area (Å²) in [5.74, 6) is -0.279. The number of H-pyrrole nitrogens is 2. The number of carbonyl (C=O) groups is 1. The fourth-order valence-corrected chi connectivity index (χ4v) is 3.76. The van der Waals surface area contributed by atoms with Crippen molar-refractivity contribution in [3.63, 3.8) is 0 Å². The van der Waals surface area contributed by atoms with Crippen LogP contribution in [0.3, 0.4) is 0 Å². The lowest BCUT2D eigenvalue weighted by molar-refractivity contribution is -0.137. The molecule has 0 bridgehead atoms. The van der Waals surface area contributed by atoms with Gasteiger partial charge in [0.25, 0.3) is 0 Å². The quantitative estimate of drug-likeness (QED) is 0.467. The highest BCUT2D eigenvalue weighted by molar-refractivity contribution is 6.10. The van der Waals surface area contributed by atoms with E-state index in [1.165, 1.54) is 30.5 Å². The van der Waals surface area contributed by atoms with Crippen LogP contribution in [0.15, 0.2) is 48.8 Å². The summed E-state index contributed by atoms with van der Waals surface area (Å²) in [5.41, 5.74) is 1.39. The number of hydrogen-bond donors (Lipinski definition) is 2. The number of alkyl halides is 3. The monoisotopic (exact) mass is 441 g/mol. The van der Waals surface area contributed by atoms with Gasteiger partial charge in [0, 0.05) is 30.4 Å². The van der Waals surface area contributed by atoms with Gasteiger partial charge in [-0.3, -0.25) is 4.79 Å². The zero-order chi connectivity index (χ0) is 22.3. The summed E-state index contributed by atoms with van der Waals surface area (Å²) in [6, 6.07) is 8.17. The van der Waals surface area contributed by atoms with E-state index in [0.717, 1.165) is 24.8 Å². The Labute approximate surface area is 180 Å². The number of nitrogens with zero attached hydrogens (tertiary/aromatic N) is 3. The summed E-state index contributed by atoms with van der Waals surface area (Å²) in [5, 5.41) is 0. The number of ketones is 1. The number of imidazole rings is 1. The number of ether oxygens (including phenoxy) is 1. The van der Waals surface area contributed by atoms with Crippen molar-refractivity contribution in [2.45, 2.75) is 6.18 Å². The van der Waals surface area contributed by atoms with E-state index in [4.69, 9.17) is 4.74 Å². The van der Waals surface area contributed by atoms with Gasteiger partial charge in [0.15, 0.2) is 17.3 Å². The number of aromatic amines is 2. The van der Waals surface area contributed by atoms with Gasteiger partial charge in [0.2, 0.25) is 0 Å². The van der Waals surface area contributed by atoms with Crippen molar-refractivity contribution in [3.05, 3.63) is 65.5 Å². The number of carbonyl (C=O) groups excluding carboxylic acids is 1. The Bertz CT molecular complexity index is 1290. The highest BCUT2D eigenvalue weighted by atomic mass is 19.4. The zero-order valence-corrected chi connectivity index (χ0v) is 16.7. The van der Waals surface area contributed by atoms with Crippen LogP contribution < -0.4 is 4.90 Å². The van der Waals surface area contributed by atoms with Crippen LogP contribution >= 0.6 is 0 Å². The van der Waals surface area contributed by atoms with Crippen LogP contribution in [0.4, 0.5) is 18.9 Å². The third-order valence-electron chi connectivity index (χ3n) is 5.38. The van der Waals surface area contributed by atoms with Gasteiger partial charge < -0.3 is 19.6 Å². The Kier molecular flexibility index (Phi) is 4.93. The van der Waals surface area contributed by atoms with Gasteiger partial charge >= 0.3 is 6.18 Å². The molecule has 0 spiro atoms. The van der Waals surface area contributed by atoms with Crippen molar-refractivity contribution < 1.29 is 22.7 Å². The molecule has 1 aliphatic rings. The van der Waals surface area contributed by atoms with Crippen molar-refractivity contribution >= 4 is 22.6 Å². The smallest absolute Gasteiger partial charge is 0.378 e. The van der Waals surface area contributed by atoms with Crippen LogP contribution in [0, 0.1) is 0 Å². The molecule has 0 amide bonds. The molecule has 2 N–H and O–H groups in total. The molecule has 1 aromatic carbocycles. The molecule has 4 heterocycles. The van der Waals surface area contributed by atoms with Crippen LogP contribution in [-0.4, -0.2) is 52.0 Å². The van der Waals surface area contributed by atoms with Gasteiger partial charge in [-0.05, 0) is 18.2 Å². The first kappa shape index (κ1) is 20.3. The number of pyridine rings is 1. The molecule has 4 aromatic rings. The van der Waals surface area contributed by atoms with Crippen molar-refractivity contribution in [3.8, 4) is 11.5 Å². The number of anilines is 1. The summed E-state index contributed by atoms with van der Waals surface area (Å²) in [6.45, 7) is 2.86. The van der Waals surface area contributed by atoms with E-state index in [2.05, 4.69) is 24.8 Å². The second kappa shape index (κ2) is 7.79. The molecule has 1 saturated heterocycles. The molecule has 32 heavy (non-hydrogen) atoms. The second-order valence-electron chi connectivity index (χ2n) is 7.42. The summed E-state index contributed by atoms with van der Waals surface area (Å²) in [6.07, 6.45) is -1.49. The minimum Gasteiger partial charge on any atom is -0.378 e. The van der Waals surface area contributed by atoms with Crippen LogP contribution in [0.5, 0.6) is 0 Å². The summed E-state index contributed by atoms with van der Waals surface area (Å²) in [4.78, 5) is 29.9. The first-order valence-electron chi connectivity index (χ1n) is 9.98. The Hall–Kier alpha value is -3.66. The molecule has 5 rings (SSSR count). The lowest BCUT2D eigenvalue weighted by Crippen LogP contribution is -2.36. The molecular formula is C22H18F3N5O2. The third-order valence-corrected chi connectivity index (χ3v) is 5.38. The summed E-state index contributed by atoms with van der Waals surface area (Å²) in [7, 11) is 0. The van der Waals surface area contributed by atoms with Crippen LogP contribution in [0.25, 0.3) is 22.7 Å². The van der Waals surface area contributed by atoms with Crippen molar-refractivity contribution in [1.82, 2.24) is 19.9 Å². The van der Waals surface area contributed by atoms with E-state index in [0.29, 0.717) is 35.9 Å². The Balaban J connectivity index is 1.44. The first-order valence-corrected chi connectivity index (χ1v) is 9.98. The Morgan fingerprint density at radius 3 is 2.69 bits per heavy atom. The fourth-order valence-electron chi connectivity index (χ4n) is 3.76. The SMILES string of the molecule is O=C(c1c[nH]c(-c2nc3ncc(N4CCOCC4)cc3[nH]2)c1)c1ccccc1C(F)(F)F. The second-order valence-corrected chi connectivity index (χ2v) is 7.42. The maximum Gasteiger partial charge on any atom is 0.417 e. The first-order chi connectivity index (χ1) is 15.4. The van der Waals surface area contributed by atoms with Crippen molar-refractivity contribution in [1.29, 1.82) is 0 Å². The normalized spacial score (nSPS) is 14.8. The van der Waals surface area contributed by atoms with Crippen LogP contribution in [0.2, 0.25) is 0 Å². The molecule has 0 saturated carbocycles. The molecule has 3 aromatic heterocycles. The average molecular weight is 441 g/mol. The van der Waals surface area contributed by atoms with E-state index in [1.807, 2.05) is 6.07 Å². The predicted octanol–water partition coefficient (Wildman–Crippen LogP) is 4.04. The number of aromatic nitrogens is 4. The third kappa shape index (κ3) is 3.73. The van der Waals surface area contributed by atoms with E-state index in [9.17, 15) is 18.0 Å². The number of rotatable bonds is 4. The highest BCUT2D eigenvalue weighted by Crippen LogP contribution is 2.33. The topological polar surface area (TPSA) is 86.9 Å². The van der Waals surface area contributed by atoms with Gasteiger partial charge in [-0.15, -0.1) is 0 Å². The number of morpholine rings is 1. The molecular weight excluding hydrogens is 423 g/mol. The van der Waals surface area contributed by atoms with E-state index >= 15 is 0 Å². The fraction of sp³-hybridized carbons (Fsp3) is 0.227. The Morgan fingerprint density at radius 2 is 1.91 bits per heavy atom. The number of fused-ring (bicyclic) bond motifs is 1. The lowest BCUT2D eigenvalue weighted by atomic mass is 9.99. The molecule has 1 aliphatic heterocycles. The molecule has 0 atom stereocenters. The lowest BCUT2D eigenvalue weighted by Gasteiger charge is -2.28. The van der Waals surface area contributed by atoms with Gasteiger partial charge in [-0.25, -0.2) is 9.97 Å². The van der Waals surface area contributed by atoms with Crippen LogP contribution in [-0.2, 0) is 10.9 Å². The molecule has 7 nitrogen and oxygen atoms in total. The number of nitrogens with one attached hydrogen (secondary N) is 2. The molecule has 1 fully saturated rings. The summed E-state index contributed by atoms with van der Waals surface area (Å²) >= 11 is 0. The molecule has 0 aliphatic carbocycles. The average Bonchev–Trinajstić information content (AvgIpc) is 3.45. The minimum atomic E-state index is -4.62. The zero-order valence-electron chi connectivity index (χ0n) is 16.7.